The average molecular weight is 422 g/mol. The van der Waals surface area contributed by atoms with Gasteiger partial charge < -0.3 is 25.3 Å². The van der Waals surface area contributed by atoms with Crippen LogP contribution in [0.2, 0.25) is 10.0 Å². The van der Waals surface area contributed by atoms with Crippen LogP contribution in [-0.2, 0) is 4.74 Å². The number of halogens is 2. The van der Waals surface area contributed by atoms with E-state index in [4.69, 9.17) is 48.1 Å². The molecule has 8 nitrogen and oxygen atoms in total. The lowest BCUT2D eigenvalue weighted by molar-refractivity contribution is 0.0210. The quantitative estimate of drug-likeness (QED) is 0.645. The molecule has 0 spiro atoms. The first kappa shape index (κ1) is 18.8. The topological polar surface area (TPSA) is 104 Å². The molecule has 3 N–H and O–H groups in total. The van der Waals surface area contributed by atoms with Crippen LogP contribution in [0, 0.1) is 0 Å². The second-order valence-electron chi connectivity index (χ2n) is 6.18. The molecule has 2 aromatic heterocycles. The van der Waals surface area contributed by atoms with E-state index in [9.17, 15) is 0 Å². The van der Waals surface area contributed by atoms with Gasteiger partial charge in [0.15, 0.2) is 5.82 Å². The van der Waals surface area contributed by atoms with Gasteiger partial charge in [0, 0.05) is 23.2 Å². The van der Waals surface area contributed by atoms with Crippen molar-refractivity contribution in [1.82, 2.24) is 15.0 Å². The van der Waals surface area contributed by atoms with Crippen molar-refractivity contribution < 1.29 is 14.2 Å². The van der Waals surface area contributed by atoms with Gasteiger partial charge in [0.2, 0.25) is 5.95 Å². The molecule has 0 amide bonds. The van der Waals surface area contributed by atoms with Crippen molar-refractivity contribution in [1.29, 1.82) is 0 Å². The molecule has 0 radical (unpaired) electrons. The predicted octanol–water partition coefficient (Wildman–Crippen LogP) is 3.41. The summed E-state index contributed by atoms with van der Waals surface area (Å²) in [4.78, 5) is 13.1. The third-order valence-corrected chi connectivity index (χ3v) is 5.14. The number of ether oxygens (including phenoxy) is 3. The van der Waals surface area contributed by atoms with Gasteiger partial charge >= 0.3 is 0 Å². The molecule has 1 saturated heterocycles. The highest BCUT2D eigenvalue weighted by Crippen LogP contribution is 2.46. The van der Waals surface area contributed by atoms with E-state index in [0.29, 0.717) is 57.3 Å². The van der Waals surface area contributed by atoms with Crippen LogP contribution in [0.5, 0.6) is 11.5 Å². The molecule has 0 bridgehead atoms. The summed E-state index contributed by atoms with van der Waals surface area (Å²) < 4.78 is 15.9. The maximum absolute atomic E-state index is 6.55. The molecule has 3 heterocycles. The molecular formula is C18H17Cl2N5O3. The van der Waals surface area contributed by atoms with E-state index in [2.05, 4.69) is 15.3 Å². The van der Waals surface area contributed by atoms with Crippen LogP contribution < -0.4 is 20.5 Å². The predicted molar refractivity (Wildman–Crippen MR) is 109 cm³/mol. The number of nitrogens with zero attached hydrogens (tertiary/aromatic N) is 3. The van der Waals surface area contributed by atoms with Crippen molar-refractivity contribution in [2.45, 2.75) is 6.04 Å². The van der Waals surface area contributed by atoms with E-state index < -0.39 is 0 Å². The minimum atomic E-state index is 0.132. The van der Waals surface area contributed by atoms with Crippen LogP contribution in [0.3, 0.4) is 0 Å². The number of hydrogen-bond acceptors (Lipinski definition) is 8. The number of benzene rings is 1. The van der Waals surface area contributed by atoms with Crippen LogP contribution in [0.25, 0.3) is 22.2 Å². The summed E-state index contributed by atoms with van der Waals surface area (Å²) >= 11 is 13.1. The highest BCUT2D eigenvalue weighted by molar-refractivity contribution is 6.41. The monoisotopic (exact) mass is 421 g/mol. The molecule has 0 atom stereocenters. The number of nitrogen functional groups attached to an aromatic ring is 1. The van der Waals surface area contributed by atoms with Gasteiger partial charge in [-0.15, -0.1) is 0 Å². The van der Waals surface area contributed by atoms with Crippen LogP contribution in [0.4, 0.5) is 11.8 Å². The van der Waals surface area contributed by atoms with Crippen LogP contribution >= 0.6 is 23.2 Å². The fourth-order valence-electron chi connectivity index (χ4n) is 2.90. The Morgan fingerprint density at radius 2 is 1.79 bits per heavy atom. The summed E-state index contributed by atoms with van der Waals surface area (Å²) in [6, 6.07) is 3.56. The van der Waals surface area contributed by atoms with E-state index in [1.165, 1.54) is 14.2 Å². The maximum Gasteiger partial charge on any atom is 0.220 e. The first-order valence-corrected chi connectivity index (χ1v) is 9.15. The highest BCUT2D eigenvalue weighted by atomic mass is 35.5. The minimum absolute atomic E-state index is 0.132. The molecule has 10 heteroatoms. The van der Waals surface area contributed by atoms with Crippen molar-refractivity contribution in [3.63, 3.8) is 0 Å². The molecule has 1 aromatic carbocycles. The smallest absolute Gasteiger partial charge is 0.220 e. The Balaban J connectivity index is 1.95. The summed E-state index contributed by atoms with van der Waals surface area (Å²) in [5.41, 5.74) is 7.38. The number of nitrogens with two attached hydrogens (primary N) is 1. The molecule has 0 saturated carbocycles. The average Bonchev–Trinajstić information content (AvgIpc) is 2.65. The fraction of sp³-hybridized carbons (Fsp3) is 0.278. The zero-order valence-corrected chi connectivity index (χ0v) is 16.6. The van der Waals surface area contributed by atoms with Gasteiger partial charge in [-0.05, 0) is 6.07 Å². The number of methoxy groups -OCH3 is 2. The lowest BCUT2D eigenvalue weighted by Crippen LogP contribution is -2.40. The third-order valence-electron chi connectivity index (χ3n) is 4.39. The summed E-state index contributed by atoms with van der Waals surface area (Å²) in [5.74, 6) is 1.56. The fourth-order valence-corrected chi connectivity index (χ4v) is 3.60. The zero-order valence-electron chi connectivity index (χ0n) is 15.1. The summed E-state index contributed by atoms with van der Waals surface area (Å²) in [7, 11) is 3.04. The second-order valence-corrected chi connectivity index (χ2v) is 6.94. The largest absolute Gasteiger partial charge is 0.495 e. The number of hydrogen-bond donors (Lipinski definition) is 2. The van der Waals surface area contributed by atoms with E-state index >= 15 is 0 Å². The lowest BCUT2D eigenvalue weighted by Gasteiger charge is -2.28. The van der Waals surface area contributed by atoms with Gasteiger partial charge in [-0.1, -0.05) is 23.2 Å². The molecule has 1 fully saturated rings. The molecule has 0 unspecified atom stereocenters. The van der Waals surface area contributed by atoms with Gasteiger partial charge in [0.25, 0.3) is 0 Å². The van der Waals surface area contributed by atoms with Crippen molar-refractivity contribution >= 4 is 45.9 Å². The summed E-state index contributed by atoms with van der Waals surface area (Å²) in [6.45, 7) is 1.17. The van der Waals surface area contributed by atoms with E-state index in [0.717, 1.165) is 5.39 Å². The Kier molecular flexibility index (Phi) is 5.01. The van der Waals surface area contributed by atoms with Crippen molar-refractivity contribution in [2.75, 3.05) is 38.5 Å². The SMILES string of the molecule is COc1cc(OC)c(Cl)c(-c2cc3cnc(N)nc3c(NC3COC3)n2)c1Cl. The van der Waals surface area contributed by atoms with Gasteiger partial charge in [0.1, 0.15) is 17.0 Å². The number of fused-ring (bicyclic) bond motifs is 1. The molecule has 28 heavy (non-hydrogen) atoms. The van der Waals surface area contributed by atoms with Crippen LogP contribution in [0.1, 0.15) is 0 Å². The Bertz CT molecular complexity index is 1030. The molecular weight excluding hydrogens is 405 g/mol. The van der Waals surface area contributed by atoms with Crippen LogP contribution in [0.15, 0.2) is 18.3 Å². The van der Waals surface area contributed by atoms with Gasteiger partial charge in [-0.2, -0.15) is 0 Å². The summed E-state index contributed by atoms with van der Waals surface area (Å²) in [6.07, 6.45) is 1.63. The van der Waals surface area contributed by atoms with E-state index in [1.54, 1.807) is 18.3 Å². The number of rotatable bonds is 5. The number of aromatic nitrogens is 3. The molecule has 4 rings (SSSR count). The Hall–Kier alpha value is -2.55. The van der Waals surface area contributed by atoms with Crippen molar-refractivity contribution in [2.24, 2.45) is 0 Å². The van der Waals surface area contributed by atoms with E-state index in [1.807, 2.05) is 0 Å². The standard InChI is InChI=1S/C18H17Cl2N5O3/c1-26-11-4-12(27-2)15(20)13(14(11)19)10-3-8-5-22-18(21)25-16(8)17(24-10)23-9-6-28-7-9/h3-5,9H,6-7H2,1-2H3,(H,23,24)(H2,21,22,25). The van der Waals surface area contributed by atoms with Gasteiger partial charge in [-0.25, -0.2) is 15.0 Å². The zero-order chi connectivity index (χ0) is 19.8. The number of pyridine rings is 1. The van der Waals surface area contributed by atoms with E-state index in [-0.39, 0.29) is 12.0 Å². The minimum Gasteiger partial charge on any atom is -0.495 e. The Labute approximate surface area is 170 Å². The second kappa shape index (κ2) is 7.46. The normalized spacial score (nSPS) is 14.0. The maximum atomic E-state index is 6.55. The van der Waals surface area contributed by atoms with Gasteiger partial charge in [0.05, 0.1) is 49.2 Å². The molecule has 1 aliphatic heterocycles. The molecule has 0 aliphatic carbocycles. The molecule has 1 aliphatic rings. The summed E-state index contributed by atoms with van der Waals surface area (Å²) in [5, 5.41) is 4.71. The van der Waals surface area contributed by atoms with Crippen LogP contribution in [-0.4, -0.2) is 48.4 Å². The number of anilines is 2. The first-order chi connectivity index (χ1) is 13.5. The Morgan fingerprint density at radius 3 is 2.36 bits per heavy atom. The number of nitrogens with one attached hydrogen (secondary N) is 1. The molecule has 3 aromatic rings. The molecule has 146 valence electrons. The lowest BCUT2D eigenvalue weighted by atomic mass is 10.1. The Morgan fingerprint density at radius 1 is 1.11 bits per heavy atom. The van der Waals surface area contributed by atoms with Crippen molar-refractivity contribution in [3.8, 4) is 22.8 Å². The third kappa shape index (κ3) is 3.23. The van der Waals surface area contributed by atoms with Gasteiger partial charge in [-0.3, -0.25) is 0 Å². The first-order valence-electron chi connectivity index (χ1n) is 8.39. The van der Waals surface area contributed by atoms with Crippen molar-refractivity contribution in [3.05, 3.63) is 28.4 Å². The highest BCUT2D eigenvalue weighted by Gasteiger charge is 2.24.